The molecule has 0 aliphatic heterocycles. The van der Waals surface area contributed by atoms with Gasteiger partial charge in [-0.15, -0.1) is 0 Å². The number of pyridine rings is 1. The van der Waals surface area contributed by atoms with Gasteiger partial charge in [-0.3, -0.25) is 4.98 Å². The molecule has 19 heavy (non-hydrogen) atoms. The maximum absolute atomic E-state index is 6.48. The molecule has 0 saturated carbocycles. The maximum Gasteiger partial charge on any atom is 0.250 e. The van der Waals surface area contributed by atoms with Crippen molar-refractivity contribution in [2.45, 2.75) is 38.9 Å². The predicted octanol–water partition coefficient (Wildman–Crippen LogP) is 5.22. The van der Waals surface area contributed by atoms with Gasteiger partial charge >= 0.3 is 0 Å². The van der Waals surface area contributed by atoms with Crippen LogP contribution in [-0.4, -0.2) is 13.3 Å². The summed E-state index contributed by atoms with van der Waals surface area (Å²) in [4.78, 5) is 4.50. The Morgan fingerprint density at radius 1 is 1.16 bits per heavy atom. The van der Waals surface area contributed by atoms with Crippen molar-refractivity contribution in [2.75, 3.05) is 0 Å². The van der Waals surface area contributed by atoms with Crippen LogP contribution in [0.4, 0.5) is 0 Å². The van der Waals surface area contributed by atoms with Gasteiger partial charge in [-0.25, -0.2) is 0 Å². The van der Waals surface area contributed by atoms with E-state index in [1.165, 1.54) is 0 Å². The minimum absolute atomic E-state index is 0.188. The van der Waals surface area contributed by atoms with Gasteiger partial charge in [0.15, 0.2) is 0 Å². The largest absolute Gasteiger partial charge is 0.541 e. The van der Waals surface area contributed by atoms with E-state index in [4.69, 9.17) is 4.43 Å². The van der Waals surface area contributed by atoms with E-state index < -0.39 is 8.32 Å². The highest BCUT2D eigenvalue weighted by molar-refractivity contribution is 14.1. The third kappa shape index (κ3) is 2.94. The molecule has 0 radical (unpaired) electrons. The molecule has 4 heteroatoms. The summed E-state index contributed by atoms with van der Waals surface area (Å²) in [7, 11) is -1.84. The number of benzene rings is 1. The lowest BCUT2D eigenvalue weighted by Crippen LogP contribution is -2.44. The Morgan fingerprint density at radius 2 is 1.84 bits per heavy atom. The molecule has 1 aromatic carbocycles. The highest BCUT2D eigenvalue weighted by Gasteiger charge is 2.39. The molecular formula is C15H20INOSi. The zero-order chi connectivity index (χ0) is 14.3. The second kappa shape index (κ2) is 5.05. The van der Waals surface area contributed by atoms with Crippen molar-refractivity contribution in [1.82, 2.24) is 4.98 Å². The molecule has 1 aromatic heterocycles. The van der Waals surface area contributed by atoms with Crippen molar-refractivity contribution >= 4 is 41.8 Å². The Morgan fingerprint density at radius 3 is 2.47 bits per heavy atom. The Kier molecular flexibility index (Phi) is 3.93. The lowest BCUT2D eigenvalue weighted by molar-refractivity contribution is 0.493. The molecule has 0 atom stereocenters. The molecule has 0 spiro atoms. The van der Waals surface area contributed by atoms with Crippen LogP contribution in [0.15, 0.2) is 30.5 Å². The van der Waals surface area contributed by atoms with Crippen LogP contribution in [0.5, 0.6) is 5.75 Å². The van der Waals surface area contributed by atoms with Crippen LogP contribution in [0.2, 0.25) is 18.1 Å². The molecule has 0 saturated heterocycles. The van der Waals surface area contributed by atoms with E-state index in [0.717, 1.165) is 20.2 Å². The van der Waals surface area contributed by atoms with Crippen LogP contribution in [0.25, 0.3) is 10.9 Å². The Hall–Kier alpha value is -0.623. The van der Waals surface area contributed by atoms with Crippen LogP contribution in [0.3, 0.4) is 0 Å². The minimum Gasteiger partial charge on any atom is -0.541 e. The fraction of sp³-hybridized carbons (Fsp3) is 0.400. The molecule has 0 unspecified atom stereocenters. The van der Waals surface area contributed by atoms with Gasteiger partial charge in [0.1, 0.15) is 11.3 Å². The van der Waals surface area contributed by atoms with Gasteiger partial charge < -0.3 is 4.43 Å². The molecule has 0 fully saturated rings. The van der Waals surface area contributed by atoms with Gasteiger partial charge in [0, 0.05) is 11.6 Å². The van der Waals surface area contributed by atoms with Crippen molar-refractivity contribution in [3.63, 3.8) is 0 Å². The first kappa shape index (κ1) is 14.8. The third-order valence-electron chi connectivity index (χ3n) is 3.84. The molecule has 2 rings (SSSR count). The summed E-state index contributed by atoms with van der Waals surface area (Å²) in [5, 5.41) is 1.32. The van der Waals surface area contributed by atoms with Crippen molar-refractivity contribution in [3.05, 3.63) is 34.0 Å². The van der Waals surface area contributed by atoms with E-state index in [1.807, 2.05) is 12.3 Å². The van der Waals surface area contributed by atoms with Crippen molar-refractivity contribution in [3.8, 4) is 5.75 Å². The number of aromatic nitrogens is 1. The summed E-state index contributed by atoms with van der Waals surface area (Å²) in [6.07, 6.45) is 1.83. The fourth-order valence-electron chi connectivity index (χ4n) is 1.60. The Balaban J connectivity index is 2.54. The number of nitrogens with zero attached hydrogens (tertiary/aromatic N) is 1. The monoisotopic (exact) mass is 385 g/mol. The first-order valence-corrected chi connectivity index (χ1v) is 10.4. The second-order valence-corrected chi connectivity index (χ2v) is 12.2. The Bertz CT molecular complexity index is 605. The fourth-order valence-corrected chi connectivity index (χ4v) is 3.38. The molecule has 0 aliphatic carbocycles. The van der Waals surface area contributed by atoms with Crippen molar-refractivity contribution < 1.29 is 4.43 Å². The zero-order valence-corrected chi connectivity index (χ0v) is 15.3. The van der Waals surface area contributed by atoms with Gasteiger partial charge in [-0.05, 0) is 52.9 Å². The highest BCUT2D eigenvalue weighted by atomic mass is 127. The Labute approximate surface area is 129 Å². The molecular weight excluding hydrogens is 365 g/mol. The molecule has 2 aromatic rings. The van der Waals surface area contributed by atoms with E-state index in [0.29, 0.717) is 0 Å². The summed E-state index contributed by atoms with van der Waals surface area (Å²) >= 11 is 2.33. The van der Waals surface area contributed by atoms with Crippen LogP contribution in [-0.2, 0) is 0 Å². The molecule has 2 nitrogen and oxygen atoms in total. The predicted molar refractivity (Wildman–Crippen MR) is 92.3 cm³/mol. The van der Waals surface area contributed by atoms with Crippen molar-refractivity contribution in [1.29, 1.82) is 0 Å². The minimum atomic E-state index is -1.84. The lowest BCUT2D eigenvalue weighted by Gasteiger charge is -2.36. The number of halogens is 1. The average Bonchev–Trinajstić information content (AvgIpc) is 2.31. The molecule has 0 bridgehead atoms. The first-order chi connectivity index (χ1) is 8.72. The summed E-state index contributed by atoms with van der Waals surface area (Å²) in [6.45, 7) is 11.3. The van der Waals surface area contributed by atoms with Gasteiger partial charge in [-0.2, -0.15) is 0 Å². The summed E-state index contributed by atoms with van der Waals surface area (Å²) in [5.74, 6) is 0.949. The van der Waals surface area contributed by atoms with E-state index in [1.54, 1.807) is 0 Å². The number of fused-ring (bicyclic) bond motifs is 1. The highest BCUT2D eigenvalue weighted by Crippen LogP contribution is 2.40. The number of hydrogen-bond donors (Lipinski definition) is 0. The molecule has 1 heterocycles. The molecule has 102 valence electrons. The number of rotatable bonds is 2. The van der Waals surface area contributed by atoms with Gasteiger partial charge in [-0.1, -0.05) is 32.9 Å². The number of hydrogen-bond acceptors (Lipinski definition) is 2. The van der Waals surface area contributed by atoms with Gasteiger partial charge in [0.25, 0.3) is 8.32 Å². The summed E-state index contributed by atoms with van der Waals surface area (Å²) in [5.41, 5.74) is 0.972. The van der Waals surface area contributed by atoms with Gasteiger partial charge in [0.2, 0.25) is 0 Å². The van der Waals surface area contributed by atoms with E-state index >= 15 is 0 Å². The van der Waals surface area contributed by atoms with E-state index in [9.17, 15) is 0 Å². The lowest BCUT2D eigenvalue weighted by atomic mass is 10.2. The van der Waals surface area contributed by atoms with Crippen LogP contribution < -0.4 is 4.43 Å². The van der Waals surface area contributed by atoms with Crippen LogP contribution >= 0.6 is 22.6 Å². The average molecular weight is 385 g/mol. The van der Waals surface area contributed by atoms with Crippen molar-refractivity contribution in [2.24, 2.45) is 0 Å². The zero-order valence-electron chi connectivity index (χ0n) is 12.1. The van der Waals surface area contributed by atoms with E-state index in [-0.39, 0.29) is 5.04 Å². The summed E-state index contributed by atoms with van der Waals surface area (Å²) in [6, 6.07) is 8.25. The topological polar surface area (TPSA) is 22.1 Å². The third-order valence-corrected chi connectivity index (χ3v) is 9.02. The summed E-state index contributed by atoms with van der Waals surface area (Å²) < 4.78 is 7.61. The first-order valence-electron chi connectivity index (χ1n) is 6.45. The van der Waals surface area contributed by atoms with E-state index in [2.05, 4.69) is 79.6 Å². The normalized spacial score (nSPS) is 12.7. The molecule has 0 aliphatic rings. The second-order valence-electron chi connectivity index (χ2n) is 6.31. The molecule has 0 N–H and O–H groups in total. The SMILES string of the molecule is CC(C)(C)[Si](C)(C)Oc1c(I)ccc2cccnc12. The smallest absolute Gasteiger partial charge is 0.250 e. The standard InChI is InChI=1S/C15H20INOSi/c1-15(2,3)19(4,5)18-14-12(16)9-8-11-7-6-10-17-13(11)14/h6-10H,1-5H3. The quantitative estimate of drug-likeness (QED) is 0.522. The van der Waals surface area contributed by atoms with Crippen LogP contribution in [0.1, 0.15) is 20.8 Å². The van der Waals surface area contributed by atoms with Gasteiger partial charge in [0.05, 0.1) is 3.57 Å². The molecule has 0 amide bonds. The maximum atomic E-state index is 6.48. The van der Waals surface area contributed by atoms with Crippen LogP contribution in [0, 0.1) is 3.57 Å².